The molecule has 0 heterocycles. The van der Waals surface area contributed by atoms with Gasteiger partial charge in [0.15, 0.2) is 0 Å². The SMILES string of the molecule is CC(=O)Nc1ccc(CNC2CCCC(C)C2)cc1. The van der Waals surface area contributed by atoms with Crippen LogP contribution in [0.4, 0.5) is 5.69 Å². The molecule has 2 atom stereocenters. The molecule has 2 rings (SSSR count). The molecule has 0 saturated heterocycles. The van der Waals surface area contributed by atoms with E-state index in [0.717, 1.165) is 18.2 Å². The summed E-state index contributed by atoms with van der Waals surface area (Å²) in [7, 11) is 0. The minimum absolute atomic E-state index is 0.0259. The maximum atomic E-state index is 10.9. The van der Waals surface area contributed by atoms with E-state index < -0.39 is 0 Å². The number of benzene rings is 1. The largest absolute Gasteiger partial charge is 0.326 e. The van der Waals surface area contributed by atoms with Crippen molar-refractivity contribution in [2.75, 3.05) is 5.32 Å². The molecular weight excluding hydrogens is 236 g/mol. The van der Waals surface area contributed by atoms with Crippen LogP contribution in [0.2, 0.25) is 0 Å². The maximum Gasteiger partial charge on any atom is 0.221 e. The molecule has 1 saturated carbocycles. The van der Waals surface area contributed by atoms with Crippen LogP contribution in [-0.4, -0.2) is 11.9 Å². The molecule has 3 heteroatoms. The van der Waals surface area contributed by atoms with Crippen LogP contribution in [0.25, 0.3) is 0 Å². The third-order valence-electron chi connectivity index (χ3n) is 3.81. The van der Waals surface area contributed by atoms with Crippen molar-refractivity contribution < 1.29 is 4.79 Å². The first-order valence-electron chi connectivity index (χ1n) is 7.23. The number of nitrogens with one attached hydrogen (secondary N) is 2. The second-order valence-electron chi connectivity index (χ2n) is 5.73. The van der Waals surface area contributed by atoms with Gasteiger partial charge >= 0.3 is 0 Å². The van der Waals surface area contributed by atoms with E-state index in [1.165, 1.54) is 38.2 Å². The van der Waals surface area contributed by atoms with E-state index in [0.29, 0.717) is 6.04 Å². The molecule has 2 N–H and O–H groups in total. The number of carbonyl (C=O) groups excluding carboxylic acids is 1. The van der Waals surface area contributed by atoms with Crippen molar-refractivity contribution in [3.8, 4) is 0 Å². The Labute approximate surface area is 115 Å². The molecule has 104 valence electrons. The fraction of sp³-hybridized carbons (Fsp3) is 0.562. The summed E-state index contributed by atoms with van der Waals surface area (Å²) in [4.78, 5) is 10.9. The van der Waals surface area contributed by atoms with E-state index in [-0.39, 0.29) is 5.91 Å². The van der Waals surface area contributed by atoms with Gasteiger partial charge in [-0.15, -0.1) is 0 Å². The molecule has 3 nitrogen and oxygen atoms in total. The highest BCUT2D eigenvalue weighted by Crippen LogP contribution is 2.23. The molecule has 0 bridgehead atoms. The molecular formula is C16H24N2O. The number of carbonyl (C=O) groups is 1. The first kappa shape index (κ1) is 14.1. The first-order chi connectivity index (χ1) is 9.13. The lowest BCUT2D eigenvalue weighted by Gasteiger charge is -2.27. The fourth-order valence-electron chi connectivity index (χ4n) is 2.79. The van der Waals surface area contributed by atoms with Gasteiger partial charge in [-0.1, -0.05) is 31.9 Å². The molecule has 1 aromatic carbocycles. The van der Waals surface area contributed by atoms with E-state index in [9.17, 15) is 4.79 Å². The van der Waals surface area contributed by atoms with Crippen molar-refractivity contribution in [2.24, 2.45) is 5.92 Å². The smallest absolute Gasteiger partial charge is 0.221 e. The summed E-state index contributed by atoms with van der Waals surface area (Å²) in [5.74, 6) is 0.829. The van der Waals surface area contributed by atoms with Crippen molar-refractivity contribution in [3.05, 3.63) is 29.8 Å². The Hall–Kier alpha value is -1.35. The molecule has 1 fully saturated rings. The van der Waals surface area contributed by atoms with Crippen LogP contribution in [0.1, 0.15) is 45.1 Å². The lowest BCUT2D eigenvalue weighted by atomic mass is 9.87. The highest BCUT2D eigenvalue weighted by molar-refractivity contribution is 5.88. The third kappa shape index (κ3) is 4.67. The summed E-state index contributed by atoms with van der Waals surface area (Å²) >= 11 is 0. The topological polar surface area (TPSA) is 41.1 Å². The normalized spacial score (nSPS) is 23.1. The van der Waals surface area contributed by atoms with Gasteiger partial charge in [0.05, 0.1) is 0 Å². The minimum atomic E-state index is -0.0259. The van der Waals surface area contributed by atoms with Gasteiger partial charge in [-0.05, 0) is 36.5 Å². The average molecular weight is 260 g/mol. The molecule has 19 heavy (non-hydrogen) atoms. The van der Waals surface area contributed by atoms with Crippen LogP contribution < -0.4 is 10.6 Å². The van der Waals surface area contributed by atoms with Gasteiger partial charge in [0.2, 0.25) is 5.91 Å². The number of hydrogen-bond acceptors (Lipinski definition) is 2. The summed E-state index contributed by atoms with van der Waals surface area (Å²) in [5, 5.41) is 6.43. The van der Waals surface area contributed by atoms with E-state index >= 15 is 0 Å². The Balaban J connectivity index is 1.81. The Morgan fingerprint density at radius 1 is 1.26 bits per heavy atom. The average Bonchev–Trinajstić information content (AvgIpc) is 2.37. The van der Waals surface area contributed by atoms with E-state index in [1.54, 1.807) is 0 Å². The fourth-order valence-corrected chi connectivity index (χ4v) is 2.79. The van der Waals surface area contributed by atoms with Gasteiger partial charge in [-0.25, -0.2) is 0 Å². The molecule has 1 aliphatic carbocycles. The van der Waals surface area contributed by atoms with Gasteiger partial charge in [0.1, 0.15) is 0 Å². The Morgan fingerprint density at radius 3 is 2.63 bits per heavy atom. The van der Waals surface area contributed by atoms with Crippen LogP contribution in [0.5, 0.6) is 0 Å². The van der Waals surface area contributed by atoms with Crippen molar-refractivity contribution in [1.82, 2.24) is 5.32 Å². The van der Waals surface area contributed by atoms with Gasteiger partial charge in [-0.3, -0.25) is 4.79 Å². The highest BCUT2D eigenvalue weighted by atomic mass is 16.1. The Morgan fingerprint density at radius 2 is 2.00 bits per heavy atom. The molecule has 0 radical (unpaired) electrons. The quantitative estimate of drug-likeness (QED) is 0.872. The van der Waals surface area contributed by atoms with E-state index in [1.807, 2.05) is 12.1 Å². The molecule has 2 unspecified atom stereocenters. The molecule has 0 spiro atoms. The standard InChI is InChI=1S/C16H24N2O/c1-12-4-3-5-16(10-12)17-11-14-6-8-15(9-7-14)18-13(2)19/h6-9,12,16-17H,3-5,10-11H2,1-2H3,(H,18,19). The second kappa shape index (κ2) is 6.71. The van der Waals surface area contributed by atoms with Crippen LogP contribution in [0, 0.1) is 5.92 Å². The van der Waals surface area contributed by atoms with E-state index in [4.69, 9.17) is 0 Å². The number of amides is 1. The zero-order valence-corrected chi connectivity index (χ0v) is 11.9. The molecule has 1 amide bonds. The predicted molar refractivity (Wildman–Crippen MR) is 79.0 cm³/mol. The van der Waals surface area contributed by atoms with E-state index in [2.05, 4.69) is 29.7 Å². The van der Waals surface area contributed by atoms with Gasteiger partial charge in [-0.2, -0.15) is 0 Å². The first-order valence-corrected chi connectivity index (χ1v) is 7.23. The van der Waals surface area contributed by atoms with Crippen molar-refractivity contribution in [2.45, 2.75) is 52.1 Å². The van der Waals surface area contributed by atoms with Crippen LogP contribution in [0.15, 0.2) is 24.3 Å². The van der Waals surface area contributed by atoms with Gasteiger partial charge < -0.3 is 10.6 Å². The highest BCUT2D eigenvalue weighted by Gasteiger charge is 2.17. The van der Waals surface area contributed by atoms with Gasteiger partial charge in [0.25, 0.3) is 0 Å². The number of rotatable bonds is 4. The summed E-state index contributed by atoms with van der Waals surface area (Å²) in [6.45, 7) is 4.79. The summed E-state index contributed by atoms with van der Waals surface area (Å²) in [5.41, 5.74) is 2.13. The van der Waals surface area contributed by atoms with Crippen molar-refractivity contribution in [1.29, 1.82) is 0 Å². The van der Waals surface area contributed by atoms with Crippen LogP contribution in [0.3, 0.4) is 0 Å². The lowest BCUT2D eigenvalue weighted by Crippen LogP contribution is -2.33. The second-order valence-corrected chi connectivity index (χ2v) is 5.73. The van der Waals surface area contributed by atoms with Crippen LogP contribution in [-0.2, 0) is 11.3 Å². The molecule has 1 aliphatic rings. The lowest BCUT2D eigenvalue weighted by molar-refractivity contribution is -0.114. The van der Waals surface area contributed by atoms with Crippen molar-refractivity contribution >= 4 is 11.6 Å². The minimum Gasteiger partial charge on any atom is -0.326 e. The van der Waals surface area contributed by atoms with Gasteiger partial charge in [0, 0.05) is 25.2 Å². The zero-order chi connectivity index (χ0) is 13.7. The number of hydrogen-bond donors (Lipinski definition) is 2. The maximum absolute atomic E-state index is 10.9. The Kier molecular flexibility index (Phi) is 4.97. The summed E-state index contributed by atoms with van der Waals surface area (Å²) in [6, 6.07) is 8.73. The molecule has 0 aliphatic heterocycles. The number of anilines is 1. The monoisotopic (exact) mass is 260 g/mol. The predicted octanol–water partition coefficient (Wildman–Crippen LogP) is 3.31. The summed E-state index contributed by atoms with van der Waals surface area (Å²) < 4.78 is 0. The zero-order valence-electron chi connectivity index (χ0n) is 11.9. The third-order valence-corrected chi connectivity index (χ3v) is 3.81. The molecule has 0 aromatic heterocycles. The van der Waals surface area contributed by atoms with Crippen molar-refractivity contribution in [3.63, 3.8) is 0 Å². The van der Waals surface area contributed by atoms with Crippen LogP contribution >= 0.6 is 0 Å². The molecule has 1 aromatic rings. The Bertz CT molecular complexity index is 413. The summed E-state index contributed by atoms with van der Waals surface area (Å²) in [6.07, 6.45) is 5.32.